The quantitative estimate of drug-likeness (QED) is 0.839. The third-order valence-corrected chi connectivity index (χ3v) is 3.11. The SMILES string of the molecule is CNCc1ccc(Oc2ccccc2SC)nn1. The van der Waals surface area contributed by atoms with E-state index in [2.05, 4.69) is 15.5 Å². The summed E-state index contributed by atoms with van der Waals surface area (Å²) in [4.78, 5) is 1.08. The standard InChI is InChI=1S/C13H15N3OS/c1-14-9-10-7-8-13(16-15-10)17-11-5-3-4-6-12(11)18-2/h3-8,14H,9H2,1-2H3. The zero-order chi connectivity index (χ0) is 12.8. The maximum atomic E-state index is 5.72. The molecule has 0 unspecified atom stereocenters. The van der Waals surface area contributed by atoms with Crippen molar-refractivity contribution >= 4 is 11.8 Å². The van der Waals surface area contributed by atoms with Crippen LogP contribution in [0.15, 0.2) is 41.3 Å². The molecule has 2 rings (SSSR count). The number of benzene rings is 1. The van der Waals surface area contributed by atoms with Crippen LogP contribution in [0.2, 0.25) is 0 Å². The van der Waals surface area contributed by atoms with Gasteiger partial charge in [0.05, 0.1) is 5.69 Å². The van der Waals surface area contributed by atoms with Crippen LogP contribution in [0.25, 0.3) is 0 Å². The van der Waals surface area contributed by atoms with Gasteiger partial charge in [0, 0.05) is 17.5 Å². The van der Waals surface area contributed by atoms with E-state index < -0.39 is 0 Å². The van der Waals surface area contributed by atoms with Gasteiger partial charge >= 0.3 is 0 Å². The Morgan fingerprint density at radius 2 is 2.00 bits per heavy atom. The van der Waals surface area contributed by atoms with Crippen molar-refractivity contribution in [3.05, 3.63) is 42.1 Å². The van der Waals surface area contributed by atoms with E-state index in [1.165, 1.54) is 0 Å². The molecule has 1 aromatic carbocycles. The Morgan fingerprint density at radius 3 is 2.67 bits per heavy atom. The lowest BCUT2D eigenvalue weighted by atomic mass is 10.3. The predicted molar refractivity (Wildman–Crippen MR) is 73.1 cm³/mol. The number of hydrogen-bond donors (Lipinski definition) is 1. The van der Waals surface area contributed by atoms with Crippen molar-refractivity contribution in [2.45, 2.75) is 11.4 Å². The number of ether oxygens (including phenoxy) is 1. The van der Waals surface area contributed by atoms with Gasteiger partial charge in [-0.25, -0.2) is 0 Å². The van der Waals surface area contributed by atoms with E-state index in [-0.39, 0.29) is 0 Å². The summed E-state index contributed by atoms with van der Waals surface area (Å²) >= 11 is 1.64. The molecule has 0 radical (unpaired) electrons. The van der Waals surface area contributed by atoms with Gasteiger partial charge in [0.25, 0.3) is 0 Å². The first kappa shape index (κ1) is 12.9. The lowest BCUT2D eigenvalue weighted by Gasteiger charge is -2.08. The zero-order valence-electron chi connectivity index (χ0n) is 10.4. The fourth-order valence-electron chi connectivity index (χ4n) is 1.49. The van der Waals surface area contributed by atoms with E-state index in [4.69, 9.17) is 4.74 Å². The molecule has 4 nitrogen and oxygen atoms in total. The molecular weight excluding hydrogens is 246 g/mol. The number of thioether (sulfide) groups is 1. The second-order valence-corrected chi connectivity index (χ2v) is 4.49. The average molecular weight is 261 g/mol. The Bertz CT molecular complexity index is 502. The zero-order valence-corrected chi connectivity index (χ0v) is 11.2. The van der Waals surface area contributed by atoms with E-state index in [0.717, 1.165) is 16.3 Å². The minimum absolute atomic E-state index is 0.511. The molecule has 0 atom stereocenters. The molecule has 0 spiro atoms. The third-order valence-electron chi connectivity index (χ3n) is 2.34. The van der Waals surface area contributed by atoms with Crippen molar-refractivity contribution < 1.29 is 4.74 Å². The summed E-state index contributed by atoms with van der Waals surface area (Å²) in [5.41, 5.74) is 0.892. The molecule has 1 aromatic heterocycles. The van der Waals surface area contributed by atoms with E-state index in [0.29, 0.717) is 12.4 Å². The summed E-state index contributed by atoms with van der Waals surface area (Å²) in [5.74, 6) is 1.32. The Balaban J connectivity index is 2.13. The highest BCUT2D eigenvalue weighted by atomic mass is 32.2. The first-order valence-corrected chi connectivity index (χ1v) is 6.84. The van der Waals surface area contributed by atoms with E-state index in [1.54, 1.807) is 11.8 Å². The highest BCUT2D eigenvalue weighted by Crippen LogP contribution is 2.30. The molecule has 2 aromatic rings. The minimum Gasteiger partial charge on any atom is -0.436 e. The molecule has 5 heteroatoms. The van der Waals surface area contributed by atoms with Crippen molar-refractivity contribution in [1.82, 2.24) is 15.5 Å². The molecule has 1 heterocycles. The average Bonchev–Trinajstić information content (AvgIpc) is 2.42. The molecule has 0 aliphatic rings. The van der Waals surface area contributed by atoms with Crippen molar-refractivity contribution in [2.75, 3.05) is 13.3 Å². The molecule has 1 N–H and O–H groups in total. The molecular formula is C13H15N3OS. The fraction of sp³-hybridized carbons (Fsp3) is 0.231. The van der Waals surface area contributed by atoms with Gasteiger partial charge in [-0.05, 0) is 31.5 Å². The van der Waals surface area contributed by atoms with Gasteiger partial charge in [0.2, 0.25) is 5.88 Å². The van der Waals surface area contributed by atoms with Gasteiger partial charge in [-0.3, -0.25) is 0 Å². The highest BCUT2D eigenvalue weighted by Gasteiger charge is 2.04. The van der Waals surface area contributed by atoms with Gasteiger partial charge in [-0.1, -0.05) is 12.1 Å². The minimum atomic E-state index is 0.511. The van der Waals surface area contributed by atoms with Crippen LogP contribution in [0, 0.1) is 0 Å². The van der Waals surface area contributed by atoms with E-state index >= 15 is 0 Å². The summed E-state index contributed by atoms with van der Waals surface area (Å²) in [7, 11) is 1.88. The Morgan fingerprint density at radius 1 is 1.17 bits per heavy atom. The van der Waals surface area contributed by atoms with Crippen LogP contribution in [0.5, 0.6) is 11.6 Å². The number of para-hydroxylation sites is 1. The maximum Gasteiger partial charge on any atom is 0.238 e. The normalized spacial score (nSPS) is 10.3. The third kappa shape index (κ3) is 3.21. The van der Waals surface area contributed by atoms with Crippen LogP contribution < -0.4 is 10.1 Å². The van der Waals surface area contributed by atoms with Crippen molar-refractivity contribution in [1.29, 1.82) is 0 Å². The van der Waals surface area contributed by atoms with Crippen LogP contribution >= 0.6 is 11.8 Å². The monoisotopic (exact) mass is 261 g/mol. The summed E-state index contributed by atoms with van der Waals surface area (Å²) in [6.07, 6.45) is 2.02. The topological polar surface area (TPSA) is 47.0 Å². The van der Waals surface area contributed by atoms with Gasteiger partial charge in [0.1, 0.15) is 5.75 Å². The molecule has 0 amide bonds. The number of nitrogens with one attached hydrogen (secondary N) is 1. The van der Waals surface area contributed by atoms with Gasteiger partial charge in [0.15, 0.2) is 0 Å². The number of aromatic nitrogens is 2. The summed E-state index contributed by atoms with van der Waals surface area (Å²) < 4.78 is 5.72. The summed E-state index contributed by atoms with van der Waals surface area (Å²) in [5, 5.41) is 11.1. The van der Waals surface area contributed by atoms with Crippen LogP contribution in [0.4, 0.5) is 0 Å². The second-order valence-electron chi connectivity index (χ2n) is 3.65. The lowest BCUT2D eigenvalue weighted by molar-refractivity contribution is 0.443. The van der Waals surface area contributed by atoms with Crippen molar-refractivity contribution in [2.24, 2.45) is 0 Å². The van der Waals surface area contributed by atoms with Crippen LogP contribution in [-0.4, -0.2) is 23.5 Å². The van der Waals surface area contributed by atoms with E-state index in [9.17, 15) is 0 Å². The first-order valence-electron chi connectivity index (χ1n) is 5.61. The fourth-order valence-corrected chi connectivity index (χ4v) is 2.02. The summed E-state index contributed by atoms with van der Waals surface area (Å²) in [6, 6.07) is 11.6. The Labute approximate surface area is 111 Å². The smallest absolute Gasteiger partial charge is 0.238 e. The summed E-state index contributed by atoms with van der Waals surface area (Å²) in [6.45, 7) is 0.703. The van der Waals surface area contributed by atoms with Crippen LogP contribution in [0.3, 0.4) is 0 Å². The number of rotatable bonds is 5. The molecule has 0 saturated carbocycles. The first-order chi connectivity index (χ1) is 8.83. The largest absolute Gasteiger partial charge is 0.436 e. The molecule has 0 saturated heterocycles. The molecule has 94 valence electrons. The van der Waals surface area contributed by atoms with Gasteiger partial charge in [-0.15, -0.1) is 16.9 Å². The molecule has 0 fully saturated rings. The highest BCUT2D eigenvalue weighted by molar-refractivity contribution is 7.98. The van der Waals surface area contributed by atoms with Gasteiger partial charge < -0.3 is 10.1 Å². The van der Waals surface area contributed by atoms with Gasteiger partial charge in [-0.2, -0.15) is 5.10 Å². The number of hydrogen-bond acceptors (Lipinski definition) is 5. The Hall–Kier alpha value is -1.59. The van der Waals surface area contributed by atoms with Crippen molar-refractivity contribution in [3.8, 4) is 11.6 Å². The molecule has 0 bridgehead atoms. The van der Waals surface area contributed by atoms with Crippen molar-refractivity contribution in [3.63, 3.8) is 0 Å². The lowest BCUT2D eigenvalue weighted by Crippen LogP contribution is -2.07. The van der Waals surface area contributed by atoms with Crippen LogP contribution in [-0.2, 0) is 6.54 Å². The maximum absolute atomic E-state index is 5.72. The molecule has 0 aliphatic carbocycles. The predicted octanol–water partition coefficient (Wildman–Crippen LogP) is 2.71. The Kier molecular flexibility index (Phi) is 4.55. The van der Waals surface area contributed by atoms with Crippen LogP contribution in [0.1, 0.15) is 5.69 Å². The van der Waals surface area contributed by atoms with E-state index in [1.807, 2.05) is 49.7 Å². The second kappa shape index (κ2) is 6.37. The molecule has 18 heavy (non-hydrogen) atoms. The number of nitrogens with zero attached hydrogens (tertiary/aromatic N) is 2. The molecule has 0 aliphatic heterocycles.